The number of alkyl halides is 3. The molecule has 0 aliphatic carbocycles. The number of rotatable bonds is 7. The molecule has 1 aliphatic rings. The zero-order valence-corrected chi connectivity index (χ0v) is 19.6. The van der Waals surface area contributed by atoms with Crippen LogP contribution in [0.25, 0.3) is 10.9 Å². The summed E-state index contributed by atoms with van der Waals surface area (Å²) >= 11 is 0. The fraction of sp³-hybridized carbons (Fsp3) is 0.333. The number of benzene rings is 1. The number of carboxylic acid groups (broad SMARTS) is 1. The first-order valence-electron chi connectivity index (χ1n) is 11.1. The Balaban J connectivity index is 1.44. The molecule has 0 saturated carbocycles. The van der Waals surface area contributed by atoms with Gasteiger partial charge in [0.05, 0.1) is 24.5 Å². The highest BCUT2D eigenvalue weighted by Gasteiger charge is 2.47. The average molecular weight is 502 g/mol. The molecule has 1 amide bonds. The topological polar surface area (TPSA) is 112 Å². The van der Waals surface area contributed by atoms with E-state index < -0.39 is 24.4 Å². The SMILES string of the molecule is COc1cc2nc(/C=N/Nc3ccc([C@@H](N4CC[C@H](NC(=O)O)C4)C(F)(F)F)cn3)ccc2cc1C. The monoisotopic (exact) mass is 502 g/mol. The molecule has 3 aromatic rings. The highest BCUT2D eigenvalue weighted by molar-refractivity contribution is 5.86. The van der Waals surface area contributed by atoms with E-state index in [-0.39, 0.29) is 24.5 Å². The van der Waals surface area contributed by atoms with Crippen molar-refractivity contribution in [2.24, 2.45) is 5.10 Å². The smallest absolute Gasteiger partial charge is 0.408 e. The number of ether oxygens (including phenoxy) is 1. The third-order valence-electron chi connectivity index (χ3n) is 5.93. The van der Waals surface area contributed by atoms with Gasteiger partial charge in [-0.2, -0.15) is 18.3 Å². The molecule has 36 heavy (non-hydrogen) atoms. The van der Waals surface area contributed by atoms with Crippen LogP contribution in [0.5, 0.6) is 5.75 Å². The molecule has 9 nitrogen and oxygen atoms in total. The minimum atomic E-state index is -4.55. The second kappa shape index (κ2) is 10.4. The van der Waals surface area contributed by atoms with Gasteiger partial charge in [0.1, 0.15) is 17.6 Å². The van der Waals surface area contributed by atoms with Gasteiger partial charge in [-0.25, -0.2) is 14.8 Å². The van der Waals surface area contributed by atoms with Crippen molar-refractivity contribution in [1.82, 2.24) is 20.2 Å². The van der Waals surface area contributed by atoms with E-state index in [4.69, 9.17) is 9.84 Å². The number of hydrogen-bond donors (Lipinski definition) is 3. The number of nitrogens with zero attached hydrogens (tertiary/aromatic N) is 4. The van der Waals surface area contributed by atoms with Crippen molar-refractivity contribution in [3.63, 3.8) is 0 Å². The van der Waals surface area contributed by atoms with E-state index in [2.05, 4.69) is 25.8 Å². The Bertz CT molecular complexity index is 1270. The Labute approximate surface area is 205 Å². The van der Waals surface area contributed by atoms with E-state index in [9.17, 15) is 18.0 Å². The van der Waals surface area contributed by atoms with Gasteiger partial charge in [0.15, 0.2) is 0 Å². The van der Waals surface area contributed by atoms with Crippen LogP contribution < -0.4 is 15.5 Å². The average Bonchev–Trinajstić information content (AvgIpc) is 3.25. The summed E-state index contributed by atoms with van der Waals surface area (Å²) in [6, 6.07) is 7.84. The maximum atomic E-state index is 13.9. The molecule has 1 aromatic carbocycles. The van der Waals surface area contributed by atoms with Crippen molar-refractivity contribution in [3.05, 3.63) is 59.4 Å². The lowest BCUT2D eigenvalue weighted by Crippen LogP contribution is -2.40. The lowest BCUT2D eigenvalue weighted by atomic mass is 10.1. The molecule has 12 heteroatoms. The number of hydrazone groups is 1. The van der Waals surface area contributed by atoms with E-state index >= 15 is 0 Å². The fourth-order valence-electron chi connectivity index (χ4n) is 4.29. The lowest BCUT2D eigenvalue weighted by Gasteiger charge is -2.30. The van der Waals surface area contributed by atoms with Crippen LogP contribution in [0.3, 0.4) is 0 Å². The Kier molecular flexibility index (Phi) is 7.25. The highest BCUT2D eigenvalue weighted by atomic mass is 19.4. The van der Waals surface area contributed by atoms with Gasteiger partial charge in [-0.15, -0.1) is 0 Å². The predicted octanol–water partition coefficient (Wildman–Crippen LogP) is 4.34. The molecule has 1 aliphatic heterocycles. The van der Waals surface area contributed by atoms with Crippen molar-refractivity contribution in [3.8, 4) is 5.75 Å². The number of carbonyl (C=O) groups is 1. The van der Waals surface area contributed by atoms with Gasteiger partial charge in [-0.05, 0) is 42.7 Å². The Morgan fingerprint density at radius 3 is 2.78 bits per heavy atom. The Morgan fingerprint density at radius 2 is 2.11 bits per heavy atom. The van der Waals surface area contributed by atoms with Crippen LogP contribution in [0.2, 0.25) is 0 Å². The molecule has 3 N–H and O–H groups in total. The summed E-state index contributed by atoms with van der Waals surface area (Å²) < 4.78 is 46.9. The molecule has 0 unspecified atom stereocenters. The molecular formula is C24H25F3N6O3. The summed E-state index contributed by atoms with van der Waals surface area (Å²) in [5, 5.41) is 16.1. The molecular weight excluding hydrogens is 477 g/mol. The molecule has 190 valence electrons. The largest absolute Gasteiger partial charge is 0.496 e. The Morgan fingerprint density at radius 1 is 1.31 bits per heavy atom. The normalized spacial score (nSPS) is 17.4. The zero-order valence-electron chi connectivity index (χ0n) is 19.6. The molecule has 1 saturated heterocycles. The van der Waals surface area contributed by atoms with Crippen LogP contribution >= 0.6 is 0 Å². The van der Waals surface area contributed by atoms with Crippen molar-refractivity contribution in [1.29, 1.82) is 0 Å². The number of fused-ring (bicyclic) bond motifs is 1. The van der Waals surface area contributed by atoms with Gasteiger partial charge in [-0.1, -0.05) is 12.1 Å². The Hall–Kier alpha value is -3.93. The van der Waals surface area contributed by atoms with Gasteiger partial charge >= 0.3 is 12.3 Å². The highest BCUT2D eigenvalue weighted by Crippen LogP contribution is 2.39. The zero-order chi connectivity index (χ0) is 25.9. The minimum absolute atomic E-state index is 0.0339. The number of methoxy groups -OCH3 is 1. The van der Waals surface area contributed by atoms with E-state index in [1.54, 1.807) is 13.2 Å². The fourth-order valence-corrected chi connectivity index (χ4v) is 4.29. The summed E-state index contributed by atoms with van der Waals surface area (Å²) in [6.45, 7) is 2.03. The lowest BCUT2D eigenvalue weighted by molar-refractivity contribution is -0.183. The number of anilines is 1. The van der Waals surface area contributed by atoms with Crippen molar-refractivity contribution < 1.29 is 27.8 Å². The van der Waals surface area contributed by atoms with Gasteiger partial charge in [0.2, 0.25) is 0 Å². The molecule has 0 spiro atoms. The summed E-state index contributed by atoms with van der Waals surface area (Å²) in [4.78, 5) is 20.6. The van der Waals surface area contributed by atoms with Crippen LogP contribution in [0.1, 0.15) is 29.3 Å². The summed E-state index contributed by atoms with van der Waals surface area (Å²) in [7, 11) is 1.59. The van der Waals surface area contributed by atoms with Gasteiger partial charge < -0.3 is 15.2 Å². The van der Waals surface area contributed by atoms with Crippen molar-refractivity contribution in [2.75, 3.05) is 25.6 Å². The van der Waals surface area contributed by atoms with Gasteiger partial charge in [0.25, 0.3) is 0 Å². The first-order valence-corrected chi connectivity index (χ1v) is 11.1. The summed E-state index contributed by atoms with van der Waals surface area (Å²) in [6.07, 6.45) is -2.86. The third-order valence-corrected chi connectivity index (χ3v) is 5.93. The number of nitrogens with one attached hydrogen (secondary N) is 2. The summed E-state index contributed by atoms with van der Waals surface area (Å²) in [5.74, 6) is 0.993. The van der Waals surface area contributed by atoms with Crippen LogP contribution in [0.15, 0.2) is 47.7 Å². The van der Waals surface area contributed by atoms with E-state index in [0.717, 1.165) is 28.4 Å². The first kappa shape index (κ1) is 25.2. The van der Waals surface area contributed by atoms with E-state index in [1.807, 2.05) is 25.1 Å². The molecule has 4 rings (SSSR count). The maximum Gasteiger partial charge on any atom is 0.408 e. The minimum Gasteiger partial charge on any atom is -0.496 e. The number of amides is 1. The number of likely N-dealkylation sites (tertiary alicyclic amines) is 1. The molecule has 1 fully saturated rings. The van der Waals surface area contributed by atoms with Gasteiger partial charge in [-0.3, -0.25) is 10.3 Å². The van der Waals surface area contributed by atoms with Gasteiger partial charge in [0, 0.05) is 36.8 Å². The molecule has 0 radical (unpaired) electrons. The quantitative estimate of drug-likeness (QED) is 0.326. The summed E-state index contributed by atoms with van der Waals surface area (Å²) in [5.41, 5.74) is 4.98. The molecule has 2 atom stereocenters. The predicted molar refractivity (Wildman–Crippen MR) is 128 cm³/mol. The standard InChI is InChI=1S/C24H25F3N6O3/c1-14-9-15-3-5-17(30-19(15)10-20(14)36-2)12-29-32-21-6-4-16(11-28-21)22(24(25,26)27)33-8-7-18(13-33)31-23(34)35/h3-6,9-12,18,22,31H,7-8,13H2,1-2H3,(H,28,32)(H,34,35)/b29-12+/t18-,22+/m0/s1. The number of halogens is 3. The molecule has 0 bridgehead atoms. The van der Waals surface area contributed by atoms with E-state index in [1.165, 1.54) is 23.2 Å². The van der Waals surface area contributed by atoms with Crippen LogP contribution in [-0.4, -0.2) is 64.7 Å². The van der Waals surface area contributed by atoms with Crippen LogP contribution in [0.4, 0.5) is 23.8 Å². The van der Waals surface area contributed by atoms with Crippen molar-refractivity contribution in [2.45, 2.75) is 31.6 Å². The second-order valence-corrected chi connectivity index (χ2v) is 8.47. The number of hydrogen-bond acceptors (Lipinski definition) is 7. The second-order valence-electron chi connectivity index (χ2n) is 8.47. The number of aromatic nitrogens is 2. The third kappa shape index (κ3) is 5.82. The number of aryl methyl sites for hydroxylation is 1. The molecule has 2 aromatic heterocycles. The maximum absolute atomic E-state index is 13.9. The van der Waals surface area contributed by atoms with Crippen LogP contribution in [-0.2, 0) is 0 Å². The number of pyridine rings is 2. The van der Waals surface area contributed by atoms with Crippen LogP contribution in [0, 0.1) is 6.92 Å². The van der Waals surface area contributed by atoms with Crippen molar-refractivity contribution >= 4 is 29.0 Å². The van der Waals surface area contributed by atoms with E-state index in [0.29, 0.717) is 12.1 Å². The first-order chi connectivity index (χ1) is 17.1. The molecule has 3 heterocycles.